The summed E-state index contributed by atoms with van der Waals surface area (Å²) in [7, 11) is -2.57. The number of nitrogens with one attached hydrogen (secondary N) is 1. The van der Waals surface area contributed by atoms with Gasteiger partial charge in [-0.2, -0.15) is 0 Å². The van der Waals surface area contributed by atoms with Crippen LogP contribution in [0.2, 0.25) is 0 Å². The van der Waals surface area contributed by atoms with Crippen molar-refractivity contribution in [3.05, 3.63) is 53.6 Å². The van der Waals surface area contributed by atoms with E-state index in [4.69, 9.17) is 14.2 Å². The van der Waals surface area contributed by atoms with E-state index >= 15 is 0 Å². The molecule has 1 heterocycles. The standard InChI is InChI=1S/C18H17NO7S/c1-24-15-6-2-12(4-7-18(20)21)9-17(15)27(22,23)19-10-13-3-5-14-16(8-13)26-11-25-14/h2-9,19H,10-11H2,1H3,(H,20,21)/p-1. The van der Waals surface area contributed by atoms with Crippen LogP contribution >= 0.6 is 0 Å². The zero-order valence-corrected chi connectivity index (χ0v) is 15.1. The molecule has 0 saturated carbocycles. The summed E-state index contributed by atoms with van der Waals surface area (Å²) in [6.07, 6.45) is 2.06. The highest BCUT2D eigenvalue weighted by atomic mass is 32.2. The van der Waals surface area contributed by atoms with E-state index in [1.807, 2.05) is 0 Å². The molecule has 9 heteroatoms. The van der Waals surface area contributed by atoms with Gasteiger partial charge in [0.1, 0.15) is 10.6 Å². The monoisotopic (exact) mass is 390 g/mol. The van der Waals surface area contributed by atoms with Crippen LogP contribution in [0.25, 0.3) is 6.08 Å². The molecule has 2 aromatic carbocycles. The van der Waals surface area contributed by atoms with Gasteiger partial charge in [-0.25, -0.2) is 13.1 Å². The maximum Gasteiger partial charge on any atom is 0.244 e. The van der Waals surface area contributed by atoms with Crippen LogP contribution in [0.5, 0.6) is 17.2 Å². The minimum absolute atomic E-state index is 0.0290. The molecule has 142 valence electrons. The topological polar surface area (TPSA) is 114 Å². The number of aliphatic carboxylic acids is 1. The fraction of sp³-hybridized carbons (Fsp3) is 0.167. The molecule has 1 aliphatic heterocycles. The number of rotatable bonds is 7. The van der Waals surface area contributed by atoms with Crippen molar-refractivity contribution in [1.29, 1.82) is 0 Å². The minimum atomic E-state index is -3.92. The Balaban J connectivity index is 1.82. The number of carboxylic acid groups (broad SMARTS) is 1. The summed E-state index contributed by atoms with van der Waals surface area (Å²) in [4.78, 5) is 10.4. The van der Waals surface area contributed by atoms with E-state index in [1.165, 1.54) is 31.4 Å². The van der Waals surface area contributed by atoms with Crippen molar-refractivity contribution in [2.24, 2.45) is 0 Å². The number of carbonyl (C=O) groups excluding carboxylic acids is 1. The molecule has 0 bridgehead atoms. The average molecular weight is 390 g/mol. The van der Waals surface area contributed by atoms with Gasteiger partial charge in [0.15, 0.2) is 11.5 Å². The summed E-state index contributed by atoms with van der Waals surface area (Å²) < 4.78 is 43.5. The van der Waals surface area contributed by atoms with Gasteiger partial charge in [0.2, 0.25) is 16.8 Å². The largest absolute Gasteiger partial charge is 0.545 e. The molecular weight excluding hydrogens is 374 g/mol. The minimum Gasteiger partial charge on any atom is -0.545 e. The van der Waals surface area contributed by atoms with Crippen LogP contribution in [-0.2, 0) is 21.4 Å². The number of ether oxygens (including phenoxy) is 3. The van der Waals surface area contributed by atoms with Crippen molar-refractivity contribution < 1.29 is 32.5 Å². The second-order valence-electron chi connectivity index (χ2n) is 5.57. The lowest BCUT2D eigenvalue weighted by Crippen LogP contribution is -2.24. The van der Waals surface area contributed by atoms with Crippen LogP contribution in [0.3, 0.4) is 0 Å². The van der Waals surface area contributed by atoms with Gasteiger partial charge in [-0.05, 0) is 41.5 Å². The van der Waals surface area contributed by atoms with E-state index < -0.39 is 16.0 Å². The van der Waals surface area contributed by atoms with Crippen molar-refractivity contribution >= 4 is 22.1 Å². The molecule has 0 spiro atoms. The summed E-state index contributed by atoms with van der Waals surface area (Å²) in [6, 6.07) is 9.44. The molecule has 3 rings (SSSR count). The number of sulfonamides is 1. The molecular formula is C18H16NO7S-. The molecule has 2 aromatic rings. The quantitative estimate of drug-likeness (QED) is 0.691. The van der Waals surface area contributed by atoms with Gasteiger partial charge in [-0.3, -0.25) is 0 Å². The third-order valence-electron chi connectivity index (χ3n) is 3.79. The van der Waals surface area contributed by atoms with Gasteiger partial charge in [-0.15, -0.1) is 0 Å². The van der Waals surface area contributed by atoms with Crippen molar-refractivity contribution in [2.75, 3.05) is 13.9 Å². The molecule has 27 heavy (non-hydrogen) atoms. The van der Waals surface area contributed by atoms with Gasteiger partial charge < -0.3 is 24.1 Å². The predicted octanol–water partition coefficient (Wildman–Crippen LogP) is 0.665. The van der Waals surface area contributed by atoms with Gasteiger partial charge in [-0.1, -0.05) is 18.2 Å². The molecule has 0 fully saturated rings. The SMILES string of the molecule is COc1ccc(C=CC(=O)[O-])cc1S(=O)(=O)NCc1ccc2c(c1)OCO2. The Kier molecular flexibility index (Phi) is 5.33. The summed E-state index contributed by atoms with van der Waals surface area (Å²) in [6.45, 7) is 0.162. The van der Waals surface area contributed by atoms with E-state index in [1.54, 1.807) is 18.2 Å². The molecule has 0 radical (unpaired) electrons. The highest BCUT2D eigenvalue weighted by Gasteiger charge is 2.20. The number of hydrogen-bond donors (Lipinski definition) is 1. The molecule has 1 aliphatic rings. The first-order valence-corrected chi connectivity index (χ1v) is 9.32. The Hall–Kier alpha value is -3.04. The van der Waals surface area contributed by atoms with Gasteiger partial charge in [0.25, 0.3) is 0 Å². The van der Waals surface area contributed by atoms with Crippen LogP contribution in [0.15, 0.2) is 47.4 Å². The first-order chi connectivity index (χ1) is 12.9. The van der Waals surface area contributed by atoms with Crippen LogP contribution in [0.1, 0.15) is 11.1 Å². The summed E-state index contributed by atoms with van der Waals surface area (Å²) in [5.41, 5.74) is 1.07. The van der Waals surface area contributed by atoms with Crippen molar-refractivity contribution in [3.8, 4) is 17.2 Å². The normalized spacial score (nSPS) is 13.1. The van der Waals surface area contributed by atoms with Crippen molar-refractivity contribution in [2.45, 2.75) is 11.4 Å². The molecule has 0 aromatic heterocycles. The first kappa shape index (κ1) is 18.7. The lowest BCUT2D eigenvalue weighted by Gasteiger charge is -2.12. The Bertz CT molecular complexity index is 999. The maximum absolute atomic E-state index is 12.7. The zero-order chi connectivity index (χ0) is 19.4. The third-order valence-corrected chi connectivity index (χ3v) is 5.21. The average Bonchev–Trinajstić information content (AvgIpc) is 3.12. The van der Waals surface area contributed by atoms with E-state index in [-0.39, 0.29) is 24.0 Å². The molecule has 0 atom stereocenters. The Morgan fingerprint density at radius 3 is 2.74 bits per heavy atom. The summed E-state index contributed by atoms with van der Waals surface area (Å²) in [5.74, 6) is -0.0793. The van der Waals surface area contributed by atoms with Crippen LogP contribution in [0.4, 0.5) is 0 Å². The predicted molar refractivity (Wildman–Crippen MR) is 93.6 cm³/mol. The molecule has 0 unspecified atom stereocenters. The van der Waals surface area contributed by atoms with Crippen LogP contribution in [0, 0.1) is 0 Å². The van der Waals surface area contributed by atoms with E-state index in [0.717, 1.165) is 6.08 Å². The lowest BCUT2D eigenvalue weighted by atomic mass is 10.2. The molecule has 0 saturated heterocycles. The Morgan fingerprint density at radius 1 is 1.22 bits per heavy atom. The molecule has 0 aliphatic carbocycles. The fourth-order valence-electron chi connectivity index (χ4n) is 2.48. The highest BCUT2D eigenvalue weighted by molar-refractivity contribution is 7.89. The summed E-state index contributed by atoms with van der Waals surface area (Å²) >= 11 is 0. The number of hydrogen-bond acceptors (Lipinski definition) is 7. The lowest BCUT2D eigenvalue weighted by molar-refractivity contribution is -0.297. The Labute approximate surface area is 156 Å². The highest BCUT2D eigenvalue weighted by Crippen LogP contribution is 2.32. The number of carbonyl (C=O) groups is 1. The number of fused-ring (bicyclic) bond motifs is 1. The van der Waals surface area contributed by atoms with Crippen molar-refractivity contribution in [3.63, 3.8) is 0 Å². The second kappa shape index (κ2) is 7.68. The fourth-order valence-corrected chi connectivity index (χ4v) is 3.70. The second-order valence-corrected chi connectivity index (χ2v) is 7.31. The summed E-state index contributed by atoms with van der Waals surface area (Å²) in [5, 5.41) is 10.5. The number of carboxylic acids is 1. The van der Waals surface area contributed by atoms with Gasteiger partial charge >= 0.3 is 0 Å². The number of benzene rings is 2. The smallest absolute Gasteiger partial charge is 0.244 e. The number of methoxy groups -OCH3 is 1. The van der Waals surface area contributed by atoms with Gasteiger partial charge in [0, 0.05) is 6.54 Å². The van der Waals surface area contributed by atoms with Crippen LogP contribution in [-0.4, -0.2) is 28.3 Å². The van der Waals surface area contributed by atoms with E-state index in [9.17, 15) is 18.3 Å². The zero-order valence-electron chi connectivity index (χ0n) is 14.3. The van der Waals surface area contributed by atoms with E-state index in [0.29, 0.717) is 22.6 Å². The molecule has 1 N–H and O–H groups in total. The molecule has 8 nitrogen and oxygen atoms in total. The maximum atomic E-state index is 12.7. The third kappa shape index (κ3) is 4.39. The molecule has 0 amide bonds. The van der Waals surface area contributed by atoms with Crippen LogP contribution < -0.4 is 24.0 Å². The van der Waals surface area contributed by atoms with E-state index in [2.05, 4.69) is 4.72 Å². The van der Waals surface area contributed by atoms with Crippen molar-refractivity contribution in [1.82, 2.24) is 4.72 Å². The van der Waals surface area contributed by atoms with Gasteiger partial charge in [0.05, 0.1) is 13.1 Å². The Morgan fingerprint density at radius 2 is 2.00 bits per heavy atom. The first-order valence-electron chi connectivity index (χ1n) is 7.84.